The Bertz CT molecular complexity index is 1950. The lowest BCUT2D eigenvalue weighted by Crippen LogP contribution is -2.28. The van der Waals surface area contributed by atoms with Gasteiger partial charge < -0.3 is 40.2 Å². The van der Waals surface area contributed by atoms with Gasteiger partial charge in [-0.25, -0.2) is 24.1 Å². The lowest BCUT2D eigenvalue weighted by atomic mass is 10.2. The molecule has 0 aliphatic carbocycles. The zero-order chi connectivity index (χ0) is 32.1. The van der Waals surface area contributed by atoms with Crippen LogP contribution < -0.4 is 17.0 Å². The van der Waals surface area contributed by atoms with Crippen LogP contribution in [0.3, 0.4) is 0 Å². The second-order valence-electron chi connectivity index (χ2n) is 10.1. The van der Waals surface area contributed by atoms with Crippen LogP contribution in [-0.4, -0.2) is 80.3 Å². The van der Waals surface area contributed by atoms with E-state index in [0.29, 0.717) is 12.8 Å². The molecule has 4 aromatic rings. The maximum absolute atomic E-state index is 13.0. The van der Waals surface area contributed by atoms with Crippen LogP contribution in [0.5, 0.6) is 0 Å². The number of aromatic amines is 1. The van der Waals surface area contributed by atoms with Gasteiger partial charge in [0.05, 0.1) is 36.6 Å². The number of nitrogens with zero attached hydrogens (tertiary/aromatic N) is 7. The van der Waals surface area contributed by atoms with Gasteiger partial charge in [-0.2, -0.15) is 10.2 Å². The fourth-order valence-electron chi connectivity index (χ4n) is 5.26. The number of phosphoric acid groups is 2. The second kappa shape index (κ2) is 11.9. The van der Waals surface area contributed by atoms with Crippen LogP contribution in [-0.2, 0) is 32.2 Å². The number of H-pyrrole nitrogens is 1. The molecule has 6 atom stereocenters. The molecular formula is C22H26N10O11P2. The normalized spacial score (nSPS) is 25.2. The minimum absolute atomic E-state index is 0.0439. The predicted molar refractivity (Wildman–Crippen MR) is 150 cm³/mol. The third-order valence-electron chi connectivity index (χ3n) is 7.20. The summed E-state index contributed by atoms with van der Waals surface area (Å²) in [5.41, 5.74) is 11.7. The van der Waals surface area contributed by atoms with E-state index in [2.05, 4.69) is 29.4 Å². The van der Waals surface area contributed by atoms with Gasteiger partial charge in [0.15, 0.2) is 11.2 Å². The molecule has 8 N–H and O–H groups in total. The lowest BCUT2D eigenvalue weighted by Gasteiger charge is -2.22. The minimum Gasteiger partial charge on any atom is -0.383 e. The second-order valence-corrected chi connectivity index (χ2v) is 12.8. The molecule has 0 radical (unpaired) electrons. The average molecular weight is 668 g/mol. The van der Waals surface area contributed by atoms with Crippen LogP contribution in [0.1, 0.15) is 37.3 Å². The van der Waals surface area contributed by atoms with E-state index in [4.69, 9.17) is 30.0 Å². The highest BCUT2D eigenvalue weighted by Crippen LogP contribution is 2.50. The van der Waals surface area contributed by atoms with Crippen molar-refractivity contribution in [2.45, 2.75) is 50.0 Å². The Morgan fingerprint density at radius 2 is 1.87 bits per heavy atom. The third kappa shape index (κ3) is 6.47. The minimum atomic E-state index is -4.95. The first-order valence-electron chi connectivity index (χ1n) is 13.2. The Morgan fingerprint density at radius 3 is 2.62 bits per heavy atom. The first-order valence-corrected chi connectivity index (χ1v) is 16.2. The molecule has 21 nitrogen and oxygen atoms in total. The lowest BCUT2D eigenvalue weighted by molar-refractivity contribution is -0.0474. The van der Waals surface area contributed by atoms with Crippen molar-refractivity contribution in [1.29, 1.82) is 5.26 Å². The van der Waals surface area contributed by atoms with Crippen molar-refractivity contribution in [2.75, 3.05) is 24.7 Å². The maximum Gasteiger partial charge on any atom is 0.472 e. The van der Waals surface area contributed by atoms with Crippen LogP contribution in [0.4, 0.5) is 11.8 Å². The van der Waals surface area contributed by atoms with E-state index in [1.54, 1.807) is 0 Å². The standard InChI is InChI=1S/C22H26N10O11P2/c23-4-10-5-31(19-16(10)18(24)26-8-27-19)15-3-12(13(42-15)7-39-44(34,35)36)43-45(37,38)40-6-11-1-2-14(41-11)32-9-28-17-20(32)29-22(25)30-21(17)33/h5,8-9,11-15H,1-3,6-7H2,(H,37,38)(H2,24,26,27)(H2,34,35,36)(H3,25,29,30,33)/t11-,12?,13+,14+,15+/m0/s1. The van der Waals surface area contributed by atoms with E-state index in [0.717, 1.165) is 0 Å². The molecule has 2 aliphatic rings. The molecule has 240 valence electrons. The summed E-state index contributed by atoms with van der Waals surface area (Å²) in [6, 6.07) is 1.99. The maximum atomic E-state index is 13.0. The fourth-order valence-corrected chi connectivity index (χ4v) is 6.58. The Labute approximate surface area is 251 Å². The van der Waals surface area contributed by atoms with Gasteiger partial charge >= 0.3 is 15.6 Å². The Kier molecular flexibility index (Phi) is 8.21. The highest BCUT2D eigenvalue weighted by atomic mass is 31.2. The third-order valence-corrected chi connectivity index (χ3v) is 8.69. The number of nitrogens with two attached hydrogens (primary N) is 2. The number of aromatic nitrogens is 7. The molecule has 0 spiro atoms. The molecule has 0 aromatic carbocycles. The van der Waals surface area contributed by atoms with E-state index < -0.39 is 58.6 Å². The molecular weight excluding hydrogens is 642 g/mol. The van der Waals surface area contributed by atoms with Crippen molar-refractivity contribution in [1.82, 2.24) is 34.1 Å². The number of nitrogen functional groups attached to an aromatic ring is 2. The predicted octanol–water partition coefficient (Wildman–Crippen LogP) is 0.177. The molecule has 0 saturated carbocycles. The summed E-state index contributed by atoms with van der Waals surface area (Å²) in [6.07, 6.45) is -0.0795. The Morgan fingerprint density at radius 1 is 1.07 bits per heavy atom. The van der Waals surface area contributed by atoms with Gasteiger partial charge in [-0.3, -0.25) is 27.9 Å². The summed E-state index contributed by atoms with van der Waals surface area (Å²) >= 11 is 0. The molecule has 2 fully saturated rings. The summed E-state index contributed by atoms with van der Waals surface area (Å²) in [6.45, 7) is -1.07. The van der Waals surface area contributed by atoms with Gasteiger partial charge in [0.25, 0.3) is 5.56 Å². The van der Waals surface area contributed by atoms with Crippen LogP contribution in [0, 0.1) is 11.3 Å². The van der Waals surface area contributed by atoms with Crippen LogP contribution >= 0.6 is 15.6 Å². The molecule has 4 aromatic heterocycles. The molecule has 0 bridgehead atoms. The van der Waals surface area contributed by atoms with Crippen molar-refractivity contribution < 1.29 is 46.9 Å². The largest absolute Gasteiger partial charge is 0.472 e. The van der Waals surface area contributed by atoms with Gasteiger partial charge in [0.1, 0.15) is 48.5 Å². The van der Waals surface area contributed by atoms with Crippen LogP contribution in [0.2, 0.25) is 0 Å². The van der Waals surface area contributed by atoms with E-state index in [1.807, 2.05) is 6.07 Å². The number of ether oxygens (including phenoxy) is 2. The number of rotatable bonds is 10. The Hall–Kier alpha value is -3.80. The van der Waals surface area contributed by atoms with Crippen molar-refractivity contribution in [3.8, 4) is 6.07 Å². The van der Waals surface area contributed by atoms with Crippen LogP contribution in [0.25, 0.3) is 22.2 Å². The van der Waals surface area contributed by atoms with Crippen molar-refractivity contribution in [2.24, 2.45) is 0 Å². The van der Waals surface area contributed by atoms with Gasteiger partial charge in [0, 0.05) is 12.6 Å². The van der Waals surface area contributed by atoms with Gasteiger partial charge in [0.2, 0.25) is 5.95 Å². The number of hydrogen-bond donors (Lipinski definition) is 6. The number of nitrogens with one attached hydrogen (secondary N) is 1. The highest BCUT2D eigenvalue weighted by molar-refractivity contribution is 7.47. The quantitative estimate of drug-likeness (QED) is 0.123. The summed E-state index contributed by atoms with van der Waals surface area (Å²) in [5.74, 6) is -0.0524. The number of imidazole rings is 1. The molecule has 23 heteroatoms. The van der Waals surface area contributed by atoms with Gasteiger partial charge in [-0.05, 0) is 12.8 Å². The number of anilines is 2. The van der Waals surface area contributed by atoms with Crippen LogP contribution in [0.15, 0.2) is 23.6 Å². The first kappa shape index (κ1) is 31.2. The molecule has 2 unspecified atom stereocenters. The smallest absolute Gasteiger partial charge is 0.383 e. The molecule has 2 aliphatic heterocycles. The number of nitriles is 1. The average Bonchev–Trinajstić information content (AvgIpc) is 3.75. The van der Waals surface area contributed by atoms with Crippen molar-refractivity contribution >= 4 is 49.6 Å². The van der Waals surface area contributed by atoms with Gasteiger partial charge in [-0.15, -0.1) is 0 Å². The van der Waals surface area contributed by atoms with E-state index in [-0.39, 0.29) is 52.6 Å². The summed E-state index contributed by atoms with van der Waals surface area (Å²) in [7, 11) is -9.76. The topological polar surface area (TPSA) is 311 Å². The molecule has 6 rings (SSSR count). The molecule has 45 heavy (non-hydrogen) atoms. The molecule has 2 saturated heterocycles. The molecule has 0 amide bonds. The number of phosphoric ester groups is 2. The first-order chi connectivity index (χ1) is 21.3. The monoisotopic (exact) mass is 668 g/mol. The van der Waals surface area contributed by atoms with E-state index in [9.17, 15) is 33.9 Å². The summed E-state index contributed by atoms with van der Waals surface area (Å²) in [4.78, 5) is 59.6. The summed E-state index contributed by atoms with van der Waals surface area (Å²) in [5, 5.41) is 9.83. The number of fused-ring (bicyclic) bond motifs is 2. The number of hydrogen-bond acceptors (Lipinski definition) is 15. The zero-order valence-corrected chi connectivity index (χ0v) is 24.7. The van der Waals surface area contributed by atoms with Gasteiger partial charge in [-0.1, -0.05) is 0 Å². The molecule has 6 heterocycles. The fraction of sp³-hybridized carbons (Fsp3) is 0.455. The Balaban J connectivity index is 1.14. The summed E-state index contributed by atoms with van der Waals surface area (Å²) < 4.78 is 54.4. The van der Waals surface area contributed by atoms with Crippen molar-refractivity contribution in [3.05, 3.63) is 34.8 Å². The van der Waals surface area contributed by atoms with E-state index in [1.165, 1.54) is 28.0 Å². The highest BCUT2D eigenvalue weighted by Gasteiger charge is 2.44. The zero-order valence-electron chi connectivity index (χ0n) is 22.9. The van der Waals surface area contributed by atoms with Crippen molar-refractivity contribution in [3.63, 3.8) is 0 Å². The SMILES string of the molecule is N#Cc1cn([C@H]2CC(OP(=O)(O)OC[C@@H]3CC[C@H](n4cnc5c(=O)[nH]c(N)nc54)O3)[C@@H](COP(=O)(O)O)O2)c2ncnc(N)c12. The van der Waals surface area contributed by atoms with E-state index >= 15 is 0 Å².